The predicted octanol–water partition coefficient (Wildman–Crippen LogP) is 1.17. The van der Waals surface area contributed by atoms with Gasteiger partial charge in [0.05, 0.1) is 17.8 Å². The van der Waals surface area contributed by atoms with Gasteiger partial charge in [0.1, 0.15) is 0 Å². The van der Waals surface area contributed by atoms with Gasteiger partial charge in [0, 0.05) is 14.1 Å². The molecule has 116 valence electrons. The van der Waals surface area contributed by atoms with E-state index in [9.17, 15) is 14.4 Å². The van der Waals surface area contributed by atoms with Crippen LogP contribution in [-0.4, -0.2) is 35.1 Å². The zero-order chi connectivity index (χ0) is 16.7. The molecule has 1 aliphatic heterocycles. The first-order chi connectivity index (χ1) is 10.9. The summed E-state index contributed by atoms with van der Waals surface area (Å²) in [6.07, 6.45) is 0. The average Bonchev–Trinajstić information content (AvgIpc) is 2.55. The summed E-state index contributed by atoms with van der Waals surface area (Å²) in [5.74, 6) is -0.525. The van der Waals surface area contributed by atoms with Crippen molar-refractivity contribution in [1.82, 2.24) is 15.1 Å². The molecule has 0 unspecified atom stereocenters. The number of anilines is 2. The van der Waals surface area contributed by atoms with Crippen LogP contribution >= 0.6 is 0 Å². The summed E-state index contributed by atoms with van der Waals surface area (Å²) in [7, 11) is 3.11. The molecule has 9 nitrogen and oxygen atoms in total. The summed E-state index contributed by atoms with van der Waals surface area (Å²) < 4.78 is 5.51. The third-order valence-electron chi connectivity index (χ3n) is 3.25. The van der Waals surface area contributed by atoms with Crippen LogP contribution in [0.1, 0.15) is 10.4 Å². The molecular formula is C14H11N5O4. The first-order valence-corrected chi connectivity index (χ1v) is 6.49. The zero-order valence-corrected chi connectivity index (χ0v) is 12.2. The lowest BCUT2D eigenvalue weighted by molar-refractivity contribution is 0.0825. The van der Waals surface area contributed by atoms with E-state index in [2.05, 4.69) is 20.4 Å². The van der Waals surface area contributed by atoms with Gasteiger partial charge in [-0.15, -0.1) is 0 Å². The van der Waals surface area contributed by atoms with Crippen LogP contribution in [0.25, 0.3) is 4.85 Å². The van der Waals surface area contributed by atoms with E-state index in [1.165, 1.54) is 17.0 Å². The number of H-pyrrole nitrogens is 2. The number of hydrogen-bond acceptors (Lipinski definition) is 5. The van der Waals surface area contributed by atoms with Crippen LogP contribution in [0.15, 0.2) is 21.7 Å². The van der Waals surface area contributed by atoms with Crippen LogP contribution in [0.4, 0.5) is 17.1 Å². The largest absolute Gasteiger partial charge is 0.446 e. The van der Waals surface area contributed by atoms with Gasteiger partial charge in [-0.25, -0.2) is 4.85 Å². The van der Waals surface area contributed by atoms with Gasteiger partial charge < -0.3 is 15.0 Å². The Balaban J connectivity index is 2.26. The van der Waals surface area contributed by atoms with E-state index in [0.29, 0.717) is 0 Å². The van der Waals surface area contributed by atoms with E-state index >= 15 is 0 Å². The van der Waals surface area contributed by atoms with Gasteiger partial charge in [0.15, 0.2) is 17.1 Å². The van der Waals surface area contributed by atoms with Crippen molar-refractivity contribution in [3.05, 3.63) is 49.8 Å². The number of aromatic nitrogens is 2. The lowest BCUT2D eigenvalue weighted by Crippen LogP contribution is -2.27. The van der Waals surface area contributed by atoms with Gasteiger partial charge in [0.25, 0.3) is 11.5 Å². The fourth-order valence-corrected chi connectivity index (χ4v) is 2.18. The summed E-state index contributed by atoms with van der Waals surface area (Å²) in [4.78, 5) is 40.6. The lowest BCUT2D eigenvalue weighted by atomic mass is 10.1. The van der Waals surface area contributed by atoms with Gasteiger partial charge >= 0.3 is 5.56 Å². The number of hydrogen-bond donors (Lipinski definition) is 3. The van der Waals surface area contributed by atoms with Gasteiger partial charge in [-0.3, -0.25) is 24.6 Å². The summed E-state index contributed by atoms with van der Waals surface area (Å²) in [5.41, 5.74) is -0.709. The Hall–Kier alpha value is -3.54. The fourth-order valence-electron chi connectivity index (χ4n) is 2.18. The molecule has 1 aliphatic rings. The number of fused-ring (bicyclic) bond motifs is 2. The highest BCUT2D eigenvalue weighted by Gasteiger charge is 2.28. The number of benzene rings is 1. The topological polar surface area (TPSA) is 112 Å². The Kier molecular flexibility index (Phi) is 3.15. The SMILES string of the molecule is [C-]#[N+]c1cc2c(c(C(=O)N(C)C)c1)Oc1c(c(=O)[nH][nH]c1=O)N2. The quantitative estimate of drug-likeness (QED) is 0.584. The van der Waals surface area contributed by atoms with Crippen molar-refractivity contribution in [2.75, 3.05) is 19.4 Å². The predicted molar refractivity (Wildman–Crippen MR) is 81.8 cm³/mol. The molecule has 23 heavy (non-hydrogen) atoms. The average molecular weight is 313 g/mol. The number of nitrogens with zero attached hydrogens (tertiary/aromatic N) is 2. The Labute approximate surface area is 129 Å². The lowest BCUT2D eigenvalue weighted by Gasteiger charge is -2.23. The third kappa shape index (κ3) is 2.22. The molecule has 0 spiro atoms. The van der Waals surface area contributed by atoms with Crippen LogP contribution < -0.4 is 21.2 Å². The van der Waals surface area contributed by atoms with Crippen molar-refractivity contribution < 1.29 is 9.53 Å². The van der Waals surface area contributed by atoms with Gasteiger partial charge in [0.2, 0.25) is 5.75 Å². The summed E-state index contributed by atoms with van der Waals surface area (Å²) in [6, 6.07) is 2.82. The summed E-state index contributed by atoms with van der Waals surface area (Å²) in [6.45, 7) is 7.14. The van der Waals surface area contributed by atoms with Gasteiger partial charge in [-0.2, -0.15) is 0 Å². The van der Waals surface area contributed by atoms with Crippen molar-refractivity contribution >= 4 is 23.0 Å². The number of aromatic amines is 2. The molecule has 2 heterocycles. The van der Waals surface area contributed by atoms with Crippen LogP contribution in [0.5, 0.6) is 11.5 Å². The van der Waals surface area contributed by atoms with Crippen molar-refractivity contribution in [3.8, 4) is 11.5 Å². The van der Waals surface area contributed by atoms with Crippen LogP contribution in [-0.2, 0) is 0 Å². The molecule has 9 heteroatoms. The molecule has 0 radical (unpaired) electrons. The number of carbonyl (C=O) groups is 1. The van der Waals surface area contributed by atoms with Crippen LogP contribution in [0.3, 0.4) is 0 Å². The summed E-state index contributed by atoms with van der Waals surface area (Å²) in [5, 5.41) is 7.08. The first-order valence-electron chi connectivity index (χ1n) is 6.49. The third-order valence-corrected chi connectivity index (χ3v) is 3.25. The second kappa shape index (κ2) is 5.03. The van der Waals surface area contributed by atoms with Crippen molar-refractivity contribution in [1.29, 1.82) is 0 Å². The maximum Gasteiger partial charge on any atom is 0.307 e. The maximum atomic E-state index is 12.3. The van der Waals surface area contributed by atoms with Crippen molar-refractivity contribution in [3.63, 3.8) is 0 Å². The smallest absolute Gasteiger partial charge is 0.307 e. The molecule has 0 aliphatic carbocycles. The number of ether oxygens (including phenoxy) is 1. The second-order valence-corrected chi connectivity index (χ2v) is 5.02. The normalized spacial score (nSPS) is 11.3. The molecule has 3 rings (SSSR count). The Bertz CT molecular complexity index is 980. The molecule has 1 aromatic heterocycles. The Morgan fingerprint density at radius 2 is 1.87 bits per heavy atom. The highest BCUT2D eigenvalue weighted by atomic mass is 16.5. The molecule has 0 bridgehead atoms. The zero-order valence-electron chi connectivity index (χ0n) is 12.2. The van der Waals surface area contributed by atoms with Gasteiger partial charge in [-0.1, -0.05) is 0 Å². The highest BCUT2D eigenvalue weighted by Crippen LogP contribution is 2.43. The molecule has 1 amide bonds. The van der Waals surface area contributed by atoms with Crippen molar-refractivity contribution in [2.24, 2.45) is 0 Å². The molecule has 0 fully saturated rings. The standard InChI is InChI=1S/C14H11N5O4/c1-15-6-4-7(14(22)19(2)3)10-8(5-6)16-9-11(23-10)13(21)18-17-12(9)20/h4-5,16H,2-3H3,(H,17,20)(H,18,21). The number of carbonyl (C=O) groups excluding carboxylic acids is 1. The van der Waals surface area contributed by atoms with E-state index in [1.807, 2.05) is 0 Å². The minimum absolute atomic E-state index is 0.0772. The molecule has 0 atom stereocenters. The Morgan fingerprint density at radius 1 is 1.17 bits per heavy atom. The first kappa shape index (κ1) is 14.4. The molecule has 0 saturated heterocycles. The molecule has 3 N–H and O–H groups in total. The van der Waals surface area contributed by atoms with E-state index in [4.69, 9.17) is 11.3 Å². The van der Waals surface area contributed by atoms with E-state index in [1.54, 1.807) is 14.1 Å². The number of rotatable bonds is 1. The summed E-state index contributed by atoms with van der Waals surface area (Å²) >= 11 is 0. The number of nitrogens with one attached hydrogen (secondary N) is 3. The molecule has 2 aromatic rings. The van der Waals surface area contributed by atoms with E-state index in [-0.39, 0.29) is 34.1 Å². The van der Waals surface area contributed by atoms with Crippen LogP contribution in [0.2, 0.25) is 0 Å². The molecule has 1 aromatic carbocycles. The highest BCUT2D eigenvalue weighted by molar-refractivity contribution is 6.01. The van der Waals surface area contributed by atoms with Crippen molar-refractivity contribution in [2.45, 2.75) is 0 Å². The Morgan fingerprint density at radius 3 is 2.52 bits per heavy atom. The maximum absolute atomic E-state index is 12.3. The molecular weight excluding hydrogens is 302 g/mol. The van der Waals surface area contributed by atoms with Crippen LogP contribution in [0, 0.1) is 6.57 Å². The minimum atomic E-state index is -0.643. The monoisotopic (exact) mass is 313 g/mol. The second-order valence-electron chi connectivity index (χ2n) is 5.02. The van der Waals surface area contributed by atoms with Gasteiger partial charge in [-0.05, 0) is 12.1 Å². The molecule has 0 saturated carbocycles. The number of amides is 1. The van der Waals surface area contributed by atoms with E-state index in [0.717, 1.165) is 0 Å². The van der Waals surface area contributed by atoms with E-state index < -0.39 is 17.0 Å². The fraction of sp³-hybridized carbons (Fsp3) is 0.143. The minimum Gasteiger partial charge on any atom is -0.446 e.